The van der Waals surface area contributed by atoms with Crippen LogP contribution in [0.3, 0.4) is 0 Å². The summed E-state index contributed by atoms with van der Waals surface area (Å²) in [5, 5.41) is 14.7. The molecule has 1 aromatic heterocycles. The summed E-state index contributed by atoms with van der Waals surface area (Å²) in [6, 6.07) is 4.92. The van der Waals surface area contributed by atoms with Crippen molar-refractivity contribution in [1.82, 2.24) is 10.1 Å². The Morgan fingerprint density at radius 2 is 2.36 bits per heavy atom. The van der Waals surface area contributed by atoms with Gasteiger partial charge in [0, 0.05) is 31.5 Å². The first-order valence-electron chi connectivity index (χ1n) is 6.96. The molecule has 3 rings (SSSR count). The van der Waals surface area contributed by atoms with Crippen molar-refractivity contribution in [3.05, 3.63) is 45.6 Å². The van der Waals surface area contributed by atoms with Crippen LogP contribution in [0.25, 0.3) is 0 Å². The van der Waals surface area contributed by atoms with Gasteiger partial charge in [-0.1, -0.05) is 5.16 Å². The molecule has 1 unspecified atom stereocenters. The zero-order valence-corrected chi connectivity index (χ0v) is 12.4. The molecule has 8 nitrogen and oxygen atoms in total. The smallest absolute Gasteiger partial charge is 0.269 e. The highest BCUT2D eigenvalue weighted by Crippen LogP contribution is 2.32. The normalized spacial score (nSPS) is 14.9. The number of hydrogen-bond donors (Lipinski definition) is 0. The number of non-ortho nitro benzene ring substituents is 1. The lowest BCUT2D eigenvalue weighted by molar-refractivity contribution is -0.384. The third kappa shape index (κ3) is 2.64. The van der Waals surface area contributed by atoms with Gasteiger partial charge in [-0.15, -0.1) is 0 Å². The number of anilines is 1. The summed E-state index contributed by atoms with van der Waals surface area (Å²) in [5.41, 5.74) is 2.07. The van der Waals surface area contributed by atoms with Gasteiger partial charge in [-0.25, -0.2) is 0 Å². The number of nitrogens with zero attached hydrogens (tertiary/aromatic N) is 4. The Hall–Kier alpha value is -2.48. The molecule has 1 aliphatic heterocycles. The molecular weight excluding hydrogens is 288 g/mol. The van der Waals surface area contributed by atoms with E-state index in [0.29, 0.717) is 18.3 Å². The summed E-state index contributed by atoms with van der Waals surface area (Å²) >= 11 is 0. The van der Waals surface area contributed by atoms with Gasteiger partial charge in [0.25, 0.3) is 5.69 Å². The minimum atomic E-state index is -0.376. The summed E-state index contributed by atoms with van der Waals surface area (Å²) in [6.45, 7) is 3.10. The van der Waals surface area contributed by atoms with Gasteiger partial charge in [0.05, 0.1) is 11.5 Å². The summed E-state index contributed by atoms with van der Waals surface area (Å²) in [7, 11) is 1.59. The van der Waals surface area contributed by atoms with Crippen LogP contribution < -0.4 is 4.90 Å². The molecule has 0 fully saturated rings. The largest absolute Gasteiger partial charge is 0.374 e. The molecule has 1 aromatic carbocycles. The highest BCUT2D eigenvalue weighted by atomic mass is 16.6. The predicted molar refractivity (Wildman–Crippen MR) is 77.6 cm³/mol. The van der Waals surface area contributed by atoms with Crippen molar-refractivity contribution in [1.29, 1.82) is 0 Å². The molecule has 2 aromatic rings. The average molecular weight is 304 g/mol. The maximum atomic E-state index is 10.8. The van der Waals surface area contributed by atoms with E-state index in [1.54, 1.807) is 19.2 Å². The zero-order chi connectivity index (χ0) is 15.7. The second-order valence-electron chi connectivity index (χ2n) is 5.17. The molecule has 0 saturated carbocycles. The van der Waals surface area contributed by atoms with E-state index < -0.39 is 0 Å². The molecule has 0 amide bonds. The van der Waals surface area contributed by atoms with Crippen LogP contribution in [0.4, 0.5) is 11.4 Å². The summed E-state index contributed by atoms with van der Waals surface area (Å²) in [6.07, 6.45) is 0.554. The van der Waals surface area contributed by atoms with E-state index in [9.17, 15) is 10.1 Å². The van der Waals surface area contributed by atoms with Gasteiger partial charge in [-0.2, -0.15) is 4.98 Å². The molecular formula is C14H16N4O4. The minimum absolute atomic E-state index is 0.120. The molecule has 0 aliphatic carbocycles. The molecule has 0 spiro atoms. The third-order valence-corrected chi connectivity index (χ3v) is 3.79. The minimum Gasteiger partial charge on any atom is -0.374 e. The monoisotopic (exact) mass is 304 g/mol. The van der Waals surface area contributed by atoms with E-state index in [0.717, 1.165) is 24.2 Å². The van der Waals surface area contributed by atoms with Crippen molar-refractivity contribution in [2.45, 2.75) is 26.0 Å². The molecule has 116 valence electrons. The Labute approximate surface area is 126 Å². The second-order valence-corrected chi connectivity index (χ2v) is 5.17. The summed E-state index contributed by atoms with van der Waals surface area (Å²) < 4.78 is 10.4. The van der Waals surface area contributed by atoms with Crippen molar-refractivity contribution in [3.8, 4) is 0 Å². The standard InChI is InChI=1S/C14H16N4O4/c1-9(21-2)14-15-13(22-16-14)8-17-6-5-10-7-11(18(19)20)3-4-12(10)17/h3-4,7,9H,5-6,8H2,1-2H3. The topological polar surface area (TPSA) is 94.5 Å². The Bertz CT molecular complexity index is 700. The lowest BCUT2D eigenvalue weighted by Crippen LogP contribution is -2.19. The molecule has 22 heavy (non-hydrogen) atoms. The van der Waals surface area contributed by atoms with Crippen LogP contribution in [0.5, 0.6) is 0 Å². The molecule has 0 bridgehead atoms. The number of nitro benzene ring substituents is 1. The maximum absolute atomic E-state index is 10.8. The van der Waals surface area contributed by atoms with Crippen LogP contribution in [-0.2, 0) is 17.7 Å². The molecule has 0 saturated heterocycles. The highest BCUT2D eigenvalue weighted by Gasteiger charge is 2.24. The first kappa shape index (κ1) is 14.5. The van der Waals surface area contributed by atoms with Crippen LogP contribution in [0.15, 0.2) is 22.7 Å². The first-order chi connectivity index (χ1) is 10.6. The van der Waals surface area contributed by atoms with Crippen LogP contribution in [-0.4, -0.2) is 28.7 Å². The number of ether oxygens (including phenoxy) is 1. The second kappa shape index (κ2) is 5.72. The van der Waals surface area contributed by atoms with Gasteiger partial charge in [0.2, 0.25) is 5.89 Å². The first-order valence-corrected chi connectivity index (χ1v) is 6.96. The SMILES string of the molecule is COC(C)c1noc(CN2CCc3cc([N+](=O)[O-])ccc32)n1. The summed E-state index contributed by atoms with van der Waals surface area (Å²) in [5.74, 6) is 1.02. The van der Waals surface area contributed by atoms with E-state index in [4.69, 9.17) is 9.26 Å². The van der Waals surface area contributed by atoms with Gasteiger partial charge >= 0.3 is 0 Å². The van der Waals surface area contributed by atoms with Crippen molar-refractivity contribution >= 4 is 11.4 Å². The van der Waals surface area contributed by atoms with Crippen LogP contribution in [0.2, 0.25) is 0 Å². The van der Waals surface area contributed by atoms with E-state index in [2.05, 4.69) is 15.0 Å². The maximum Gasteiger partial charge on any atom is 0.269 e. The number of fused-ring (bicyclic) bond motifs is 1. The number of methoxy groups -OCH3 is 1. The molecule has 1 aliphatic rings. The number of nitro groups is 1. The Balaban J connectivity index is 1.76. The lowest BCUT2D eigenvalue weighted by atomic mass is 10.1. The summed E-state index contributed by atoms with van der Waals surface area (Å²) in [4.78, 5) is 16.8. The number of hydrogen-bond acceptors (Lipinski definition) is 7. The van der Waals surface area contributed by atoms with Crippen molar-refractivity contribution < 1.29 is 14.2 Å². The fourth-order valence-electron chi connectivity index (χ4n) is 2.50. The Kier molecular flexibility index (Phi) is 3.76. The fraction of sp³-hybridized carbons (Fsp3) is 0.429. The van der Waals surface area contributed by atoms with Gasteiger partial charge < -0.3 is 14.2 Å². The fourth-order valence-corrected chi connectivity index (χ4v) is 2.50. The van der Waals surface area contributed by atoms with E-state index in [1.807, 2.05) is 6.92 Å². The van der Waals surface area contributed by atoms with Crippen LogP contribution >= 0.6 is 0 Å². The quantitative estimate of drug-likeness (QED) is 0.617. The molecule has 0 N–H and O–H groups in total. The third-order valence-electron chi connectivity index (χ3n) is 3.79. The van der Waals surface area contributed by atoms with Gasteiger partial charge in [-0.3, -0.25) is 10.1 Å². The van der Waals surface area contributed by atoms with Crippen LogP contribution in [0, 0.1) is 10.1 Å². The molecule has 2 heterocycles. The average Bonchev–Trinajstić information content (AvgIpc) is 3.14. The van der Waals surface area contributed by atoms with Gasteiger partial charge in [-0.05, 0) is 25.0 Å². The predicted octanol–water partition coefficient (Wildman–Crippen LogP) is 2.25. The number of aromatic nitrogens is 2. The Morgan fingerprint density at radius 1 is 1.55 bits per heavy atom. The lowest BCUT2D eigenvalue weighted by Gasteiger charge is -2.16. The van der Waals surface area contributed by atoms with E-state index >= 15 is 0 Å². The Morgan fingerprint density at radius 3 is 3.09 bits per heavy atom. The highest BCUT2D eigenvalue weighted by molar-refractivity contribution is 5.61. The van der Waals surface area contributed by atoms with Crippen LogP contribution in [0.1, 0.15) is 30.3 Å². The van der Waals surface area contributed by atoms with Crippen molar-refractivity contribution in [2.75, 3.05) is 18.6 Å². The van der Waals surface area contributed by atoms with E-state index in [-0.39, 0.29) is 16.7 Å². The van der Waals surface area contributed by atoms with E-state index in [1.165, 1.54) is 6.07 Å². The number of benzene rings is 1. The van der Waals surface area contributed by atoms with Crippen molar-refractivity contribution in [3.63, 3.8) is 0 Å². The molecule has 0 radical (unpaired) electrons. The number of rotatable bonds is 5. The van der Waals surface area contributed by atoms with Crippen molar-refractivity contribution in [2.24, 2.45) is 0 Å². The molecule has 1 atom stereocenters. The zero-order valence-electron chi connectivity index (χ0n) is 12.4. The van der Waals surface area contributed by atoms with Gasteiger partial charge in [0.15, 0.2) is 5.82 Å². The van der Waals surface area contributed by atoms with Gasteiger partial charge in [0.1, 0.15) is 6.10 Å². The molecule has 8 heteroatoms.